The zero-order valence-electron chi connectivity index (χ0n) is 17.7. The summed E-state index contributed by atoms with van der Waals surface area (Å²) in [7, 11) is 1.61. The van der Waals surface area contributed by atoms with Crippen molar-refractivity contribution < 1.29 is 9.63 Å². The summed E-state index contributed by atoms with van der Waals surface area (Å²) in [6, 6.07) is 20.8. The molecule has 4 rings (SSSR count). The first-order valence-corrected chi connectivity index (χ1v) is 10.8. The summed E-state index contributed by atoms with van der Waals surface area (Å²) in [6.07, 6.45) is 5.26. The molecule has 2 heterocycles. The Labute approximate surface area is 179 Å². The maximum atomic E-state index is 13.4. The molecule has 0 saturated carbocycles. The van der Waals surface area contributed by atoms with Gasteiger partial charge in [-0.05, 0) is 42.4 Å². The van der Waals surface area contributed by atoms with Gasteiger partial charge in [-0.25, -0.2) is 0 Å². The van der Waals surface area contributed by atoms with Crippen LogP contribution in [-0.2, 0) is 22.6 Å². The van der Waals surface area contributed by atoms with Gasteiger partial charge in [0.15, 0.2) is 0 Å². The van der Waals surface area contributed by atoms with Crippen molar-refractivity contribution in [3.05, 3.63) is 83.6 Å². The molecule has 0 aliphatic carbocycles. The SMILES string of the molecule is CONC1=CC(C(=O)N2CCC(Cc3ccccc3)CC2)N(Cc2ccccc2)C1. The van der Waals surface area contributed by atoms with Crippen LogP contribution in [0.2, 0.25) is 0 Å². The highest BCUT2D eigenvalue weighted by atomic mass is 16.6. The Kier molecular flexibility index (Phi) is 6.82. The van der Waals surface area contributed by atoms with Crippen LogP contribution in [0.15, 0.2) is 72.4 Å². The number of hydroxylamine groups is 1. The standard InChI is InChI=1S/C25H31N3O2/c1-30-26-23-17-24(28(19-23)18-22-10-6-3-7-11-22)25(29)27-14-12-21(13-15-27)16-20-8-4-2-5-9-20/h2-11,17,21,24,26H,12-16,18-19H2,1H3. The third kappa shape index (κ3) is 5.10. The third-order valence-corrected chi connectivity index (χ3v) is 6.13. The van der Waals surface area contributed by atoms with Crippen LogP contribution in [0.5, 0.6) is 0 Å². The number of nitrogens with zero attached hydrogens (tertiary/aromatic N) is 2. The second-order valence-corrected chi connectivity index (χ2v) is 8.29. The Morgan fingerprint density at radius 3 is 2.27 bits per heavy atom. The molecule has 158 valence electrons. The third-order valence-electron chi connectivity index (χ3n) is 6.13. The number of nitrogens with one attached hydrogen (secondary N) is 1. The number of hydrogen-bond donors (Lipinski definition) is 1. The zero-order valence-corrected chi connectivity index (χ0v) is 17.7. The Morgan fingerprint density at radius 1 is 1.00 bits per heavy atom. The predicted molar refractivity (Wildman–Crippen MR) is 118 cm³/mol. The molecule has 0 bridgehead atoms. The molecule has 0 aromatic heterocycles. The highest BCUT2D eigenvalue weighted by Crippen LogP contribution is 2.25. The lowest BCUT2D eigenvalue weighted by Crippen LogP contribution is -2.48. The Morgan fingerprint density at radius 2 is 1.63 bits per heavy atom. The molecule has 1 fully saturated rings. The molecule has 30 heavy (non-hydrogen) atoms. The minimum Gasteiger partial charge on any atom is -0.341 e. The number of carbonyl (C=O) groups is 1. The summed E-state index contributed by atoms with van der Waals surface area (Å²) >= 11 is 0. The van der Waals surface area contributed by atoms with E-state index in [1.807, 2.05) is 24.3 Å². The molecule has 5 heteroatoms. The van der Waals surface area contributed by atoms with Crippen molar-refractivity contribution in [1.82, 2.24) is 15.3 Å². The highest BCUT2D eigenvalue weighted by Gasteiger charge is 2.35. The van der Waals surface area contributed by atoms with Gasteiger partial charge in [0.2, 0.25) is 5.91 Å². The molecular formula is C25H31N3O2. The predicted octanol–water partition coefficient (Wildman–Crippen LogP) is 3.39. The average Bonchev–Trinajstić information content (AvgIpc) is 3.17. The fourth-order valence-electron chi connectivity index (χ4n) is 4.55. The van der Waals surface area contributed by atoms with Gasteiger partial charge in [-0.2, -0.15) is 0 Å². The molecule has 1 saturated heterocycles. The van der Waals surface area contributed by atoms with Gasteiger partial charge < -0.3 is 4.90 Å². The van der Waals surface area contributed by atoms with Gasteiger partial charge in [0.25, 0.3) is 0 Å². The molecule has 1 atom stereocenters. The summed E-state index contributed by atoms with van der Waals surface area (Å²) in [4.78, 5) is 22.8. The quantitative estimate of drug-likeness (QED) is 0.718. The van der Waals surface area contributed by atoms with E-state index in [9.17, 15) is 4.79 Å². The summed E-state index contributed by atoms with van der Waals surface area (Å²) in [5, 5.41) is 0. The average molecular weight is 406 g/mol. The minimum atomic E-state index is -0.242. The number of piperidine rings is 1. The van der Waals surface area contributed by atoms with Gasteiger partial charge in [-0.1, -0.05) is 60.7 Å². The summed E-state index contributed by atoms with van der Waals surface area (Å²) < 4.78 is 0. The van der Waals surface area contributed by atoms with E-state index in [-0.39, 0.29) is 11.9 Å². The van der Waals surface area contributed by atoms with Crippen molar-refractivity contribution in [2.24, 2.45) is 5.92 Å². The molecule has 2 aliphatic heterocycles. The lowest BCUT2D eigenvalue weighted by atomic mass is 9.90. The first-order chi connectivity index (χ1) is 14.7. The fraction of sp³-hybridized carbons (Fsp3) is 0.400. The summed E-state index contributed by atoms with van der Waals surface area (Å²) in [6.45, 7) is 3.11. The van der Waals surface area contributed by atoms with Crippen molar-refractivity contribution in [1.29, 1.82) is 0 Å². The number of carbonyl (C=O) groups excluding carboxylic acids is 1. The molecular weight excluding hydrogens is 374 g/mol. The zero-order chi connectivity index (χ0) is 20.8. The van der Waals surface area contributed by atoms with Crippen LogP contribution < -0.4 is 5.48 Å². The van der Waals surface area contributed by atoms with E-state index < -0.39 is 0 Å². The number of rotatable bonds is 7. The molecule has 0 spiro atoms. The molecule has 2 aromatic rings. The Hall–Kier alpha value is -2.63. The van der Waals surface area contributed by atoms with E-state index >= 15 is 0 Å². The molecule has 1 N–H and O–H groups in total. The summed E-state index contributed by atoms with van der Waals surface area (Å²) in [5.41, 5.74) is 6.49. The van der Waals surface area contributed by atoms with E-state index in [0.717, 1.165) is 44.6 Å². The van der Waals surface area contributed by atoms with Crippen molar-refractivity contribution in [2.75, 3.05) is 26.7 Å². The summed E-state index contributed by atoms with van der Waals surface area (Å²) in [5.74, 6) is 0.860. The molecule has 2 aliphatic rings. The smallest absolute Gasteiger partial charge is 0.244 e. The maximum absolute atomic E-state index is 13.4. The maximum Gasteiger partial charge on any atom is 0.244 e. The largest absolute Gasteiger partial charge is 0.341 e. The van der Waals surface area contributed by atoms with Crippen molar-refractivity contribution in [2.45, 2.75) is 31.8 Å². The molecule has 0 radical (unpaired) electrons. The van der Waals surface area contributed by atoms with E-state index in [0.29, 0.717) is 12.5 Å². The van der Waals surface area contributed by atoms with Crippen LogP contribution in [-0.4, -0.2) is 48.5 Å². The highest BCUT2D eigenvalue weighted by molar-refractivity contribution is 5.84. The van der Waals surface area contributed by atoms with E-state index in [1.165, 1.54) is 11.1 Å². The number of likely N-dealkylation sites (tertiary alicyclic amines) is 1. The number of amides is 1. The van der Waals surface area contributed by atoms with E-state index in [1.54, 1.807) is 7.11 Å². The lowest BCUT2D eigenvalue weighted by molar-refractivity contribution is -0.136. The Balaban J connectivity index is 1.37. The van der Waals surface area contributed by atoms with Gasteiger partial charge in [0, 0.05) is 31.9 Å². The van der Waals surface area contributed by atoms with Crippen LogP contribution in [0.25, 0.3) is 0 Å². The minimum absolute atomic E-state index is 0.206. The van der Waals surface area contributed by atoms with E-state index in [4.69, 9.17) is 4.84 Å². The number of hydrogen-bond acceptors (Lipinski definition) is 4. The number of benzene rings is 2. The van der Waals surface area contributed by atoms with Gasteiger partial charge in [0.05, 0.1) is 7.11 Å². The van der Waals surface area contributed by atoms with Crippen LogP contribution in [0.1, 0.15) is 24.0 Å². The van der Waals surface area contributed by atoms with Crippen molar-refractivity contribution in [3.8, 4) is 0 Å². The second-order valence-electron chi connectivity index (χ2n) is 8.29. The van der Waals surface area contributed by atoms with E-state index in [2.05, 4.69) is 57.7 Å². The molecule has 5 nitrogen and oxygen atoms in total. The van der Waals surface area contributed by atoms with Crippen LogP contribution in [0.4, 0.5) is 0 Å². The fourth-order valence-corrected chi connectivity index (χ4v) is 4.55. The van der Waals surface area contributed by atoms with Gasteiger partial charge in [0.1, 0.15) is 6.04 Å². The van der Waals surface area contributed by atoms with Gasteiger partial charge >= 0.3 is 0 Å². The van der Waals surface area contributed by atoms with Crippen LogP contribution >= 0.6 is 0 Å². The second kappa shape index (κ2) is 9.92. The lowest BCUT2D eigenvalue weighted by Gasteiger charge is -2.35. The van der Waals surface area contributed by atoms with Crippen molar-refractivity contribution >= 4 is 5.91 Å². The van der Waals surface area contributed by atoms with Crippen LogP contribution in [0, 0.1) is 5.92 Å². The molecule has 1 amide bonds. The van der Waals surface area contributed by atoms with Crippen LogP contribution in [0.3, 0.4) is 0 Å². The first kappa shape index (κ1) is 20.6. The van der Waals surface area contributed by atoms with Gasteiger partial charge in [-0.3, -0.25) is 20.0 Å². The normalized spacial score (nSPS) is 20.2. The molecule has 1 unspecified atom stereocenters. The Bertz CT molecular complexity index is 845. The first-order valence-electron chi connectivity index (χ1n) is 10.8. The van der Waals surface area contributed by atoms with Crippen molar-refractivity contribution in [3.63, 3.8) is 0 Å². The topological polar surface area (TPSA) is 44.8 Å². The molecule has 2 aromatic carbocycles. The van der Waals surface area contributed by atoms with Gasteiger partial charge in [-0.15, -0.1) is 0 Å². The monoisotopic (exact) mass is 405 g/mol.